The minimum absolute atomic E-state index is 0.00715. The van der Waals surface area contributed by atoms with Crippen LogP contribution in [0.1, 0.15) is 64.2 Å². The van der Waals surface area contributed by atoms with Gasteiger partial charge in [0.15, 0.2) is 5.65 Å². The molecule has 6 nitrogen and oxygen atoms in total. The van der Waals surface area contributed by atoms with Gasteiger partial charge in [0, 0.05) is 22.9 Å². The molecule has 0 saturated heterocycles. The maximum Gasteiger partial charge on any atom is 0.158 e. The van der Waals surface area contributed by atoms with E-state index in [0.29, 0.717) is 5.92 Å². The maximum absolute atomic E-state index is 4.75. The highest BCUT2D eigenvalue weighted by molar-refractivity contribution is 5.76. The summed E-state index contributed by atoms with van der Waals surface area (Å²) in [7, 11) is 0. The molecule has 168 valence electrons. The molecule has 0 saturated carbocycles. The predicted molar refractivity (Wildman–Crippen MR) is 131 cm³/mol. The standard InChI is InChI=1S/C26H34N6/c1-8-31(9-2)26(6,7)21-12-10-19(11-13-21)23-22(17(3)4)24(30-29-23)20-14-18(5)25-27-16-28-32(25)15-20/h10-17H,8-9H2,1-7H3,(H,29,30). The van der Waals surface area contributed by atoms with E-state index in [9.17, 15) is 0 Å². The highest BCUT2D eigenvalue weighted by atomic mass is 15.3. The van der Waals surface area contributed by atoms with Crippen LogP contribution in [-0.4, -0.2) is 42.8 Å². The topological polar surface area (TPSA) is 62.1 Å². The Bertz CT molecular complexity index is 1210. The molecule has 0 amide bonds. The van der Waals surface area contributed by atoms with Crippen LogP contribution in [0.2, 0.25) is 0 Å². The summed E-state index contributed by atoms with van der Waals surface area (Å²) < 4.78 is 1.83. The zero-order valence-electron chi connectivity index (χ0n) is 20.3. The van der Waals surface area contributed by atoms with Crippen molar-refractivity contribution in [3.8, 4) is 22.5 Å². The van der Waals surface area contributed by atoms with E-state index in [2.05, 4.69) is 98.9 Å². The summed E-state index contributed by atoms with van der Waals surface area (Å²) in [6, 6.07) is 11.1. The van der Waals surface area contributed by atoms with Gasteiger partial charge in [0.25, 0.3) is 0 Å². The van der Waals surface area contributed by atoms with E-state index in [1.165, 1.54) is 11.1 Å². The first-order valence-electron chi connectivity index (χ1n) is 11.5. The van der Waals surface area contributed by atoms with E-state index in [4.69, 9.17) is 5.10 Å². The molecule has 0 aliphatic carbocycles. The van der Waals surface area contributed by atoms with Crippen LogP contribution in [-0.2, 0) is 5.54 Å². The SMILES string of the molecule is CCN(CC)C(C)(C)c1ccc(-c2[nH]nc(-c3cc(C)c4ncnn4c3)c2C(C)C)cc1. The van der Waals surface area contributed by atoms with Gasteiger partial charge < -0.3 is 0 Å². The van der Waals surface area contributed by atoms with Crippen LogP contribution in [0.3, 0.4) is 0 Å². The minimum Gasteiger partial charge on any atom is -0.295 e. The highest BCUT2D eigenvalue weighted by Gasteiger charge is 2.27. The number of hydrogen-bond acceptors (Lipinski definition) is 4. The van der Waals surface area contributed by atoms with E-state index in [1.54, 1.807) is 6.33 Å². The zero-order chi connectivity index (χ0) is 23.0. The third-order valence-corrected chi connectivity index (χ3v) is 6.65. The molecule has 3 aromatic heterocycles. The molecule has 0 spiro atoms. The van der Waals surface area contributed by atoms with Gasteiger partial charge in [0.2, 0.25) is 0 Å². The Kier molecular flexibility index (Phi) is 5.91. The molecule has 0 unspecified atom stereocenters. The number of benzene rings is 1. The van der Waals surface area contributed by atoms with Gasteiger partial charge >= 0.3 is 0 Å². The second-order valence-electron chi connectivity index (χ2n) is 9.26. The van der Waals surface area contributed by atoms with Crippen LogP contribution in [0.25, 0.3) is 28.2 Å². The first-order valence-corrected chi connectivity index (χ1v) is 11.5. The Morgan fingerprint density at radius 3 is 2.38 bits per heavy atom. The molecule has 0 atom stereocenters. The predicted octanol–water partition coefficient (Wildman–Crippen LogP) is 5.80. The Morgan fingerprint density at radius 1 is 1.06 bits per heavy atom. The molecule has 1 N–H and O–H groups in total. The van der Waals surface area contributed by atoms with Crippen LogP contribution in [0, 0.1) is 6.92 Å². The first-order chi connectivity index (χ1) is 15.3. The molecule has 6 heteroatoms. The second kappa shape index (κ2) is 8.51. The molecule has 0 aliphatic rings. The van der Waals surface area contributed by atoms with Crippen molar-refractivity contribution >= 4 is 5.65 Å². The summed E-state index contributed by atoms with van der Waals surface area (Å²) in [6.07, 6.45) is 3.60. The molecule has 0 aliphatic heterocycles. The lowest BCUT2D eigenvalue weighted by atomic mass is 9.89. The summed E-state index contributed by atoms with van der Waals surface area (Å²) in [4.78, 5) is 6.82. The lowest BCUT2D eigenvalue weighted by Crippen LogP contribution is -2.41. The van der Waals surface area contributed by atoms with Crippen molar-refractivity contribution in [1.82, 2.24) is 29.7 Å². The number of fused-ring (bicyclic) bond motifs is 1. The van der Waals surface area contributed by atoms with Crippen molar-refractivity contribution in [2.45, 2.75) is 59.9 Å². The number of aromatic amines is 1. The van der Waals surface area contributed by atoms with E-state index in [0.717, 1.165) is 46.8 Å². The van der Waals surface area contributed by atoms with Crippen molar-refractivity contribution in [2.24, 2.45) is 0 Å². The Labute approximate surface area is 190 Å². The summed E-state index contributed by atoms with van der Waals surface area (Å²) in [5, 5.41) is 12.4. The van der Waals surface area contributed by atoms with Gasteiger partial charge in [0.1, 0.15) is 6.33 Å². The summed E-state index contributed by atoms with van der Waals surface area (Å²) in [5.74, 6) is 0.317. The molecular weight excluding hydrogens is 396 g/mol. The summed E-state index contributed by atoms with van der Waals surface area (Å²) in [5.41, 5.74) is 8.76. The average Bonchev–Trinajstić information content (AvgIpc) is 3.42. The Balaban J connectivity index is 1.76. The molecule has 4 rings (SSSR count). The lowest BCUT2D eigenvalue weighted by molar-refractivity contribution is 0.135. The number of pyridine rings is 1. The van der Waals surface area contributed by atoms with E-state index >= 15 is 0 Å². The number of nitrogens with zero attached hydrogens (tertiary/aromatic N) is 5. The molecule has 32 heavy (non-hydrogen) atoms. The fraction of sp³-hybridized carbons (Fsp3) is 0.423. The highest BCUT2D eigenvalue weighted by Crippen LogP contribution is 2.37. The summed E-state index contributed by atoms with van der Waals surface area (Å²) in [6.45, 7) is 17.6. The number of aryl methyl sites for hydroxylation is 1. The normalized spacial score (nSPS) is 12.4. The Morgan fingerprint density at radius 2 is 1.75 bits per heavy atom. The molecular formula is C26H34N6. The van der Waals surface area contributed by atoms with Gasteiger partial charge in [-0.1, -0.05) is 52.0 Å². The minimum atomic E-state index is -0.00715. The quantitative estimate of drug-likeness (QED) is 0.403. The van der Waals surface area contributed by atoms with Crippen molar-refractivity contribution < 1.29 is 0 Å². The van der Waals surface area contributed by atoms with E-state index < -0.39 is 0 Å². The van der Waals surface area contributed by atoms with Crippen molar-refractivity contribution in [2.75, 3.05) is 13.1 Å². The van der Waals surface area contributed by atoms with Gasteiger partial charge in [-0.2, -0.15) is 10.2 Å². The monoisotopic (exact) mass is 430 g/mol. The van der Waals surface area contributed by atoms with Crippen LogP contribution in [0.4, 0.5) is 0 Å². The number of H-pyrrole nitrogens is 1. The molecule has 0 radical (unpaired) electrons. The molecule has 0 fully saturated rings. The summed E-state index contributed by atoms with van der Waals surface area (Å²) >= 11 is 0. The van der Waals surface area contributed by atoms with Gasteiger partial charge in [-0.25, -0.2) is 9.50 Å². The molecule has 4 aromatic rings. The number of rotatable bonds is 7. The number of hydrogen-bond donors (Lipinski definition) is 1. The third-order valence-electron chi connectivity index (χ3n) is 6.65. The van der Waals surface area contributed by atoms with Crippen molar-refractivity contribution in [3.05, 3.63) is 59.5 Å². The van der Waals surface area contributed by atoms with Crippen LogP contribution in [0.15, 0.2) is 42.9 Å². The fourth-order valence-corrected chi connectivity index (χ4v) is 4.82. The number of aromatic nitrogens is 5. The average molecular weight is 431 g/mol. The fourth-order valence-electron chi connectivity index (χ4n) is 4.82. The molecule has 1 aromatic carbocycles. The zero-order valence-corrected chi connectivity index (χ0v) is 20.3. The molecule has 3 heterocycles. The van der Waals surface area contributed by atoms with Gasteiger partial charge in [-0.05, 0) is 62.5 Å². The third kappa shape index (κ3) is 3.73. The second-order valence-corrected chi connectivity index (χ2v) is 9.26. The maximum atomic E-state index is 4.75. The smallest absolute Gasteiger partial charge is 0.158 e. The van der Waals surface area contributed by atoms with Crippen molar-refractivity contribution in [3.63, 3.8) is 0 Å². The first kappa shape index (κ1) is 22.2. The van der Waals surface area contributed by atoms with Gasteiger partial charge in [0.05, 0.1) is 11.4 Å². The van der Waals surface area contributed by atoms with Crippen molar-refractivity contribution in [1.29, 1.82) is 0 Å². The number of nitrogens with one attached hydrogen (secondary N) is 1. The Hall–Kier alpha value is -2.99. The van der Waals surface area contributed by atoms with Crippen LogP contribution < -0.4 is 0 Å². The van der Waals surface area contributed by atoms with Crippen LogP contribution in [0.5, 0.6) is 0 Å². The van der Waals surface area contributed by atoms with Gasteiger partial charge in [-0.3, -0.25) is 10.00 Å². The lowest BCUT2D eigenvalue weighted by Gasteiger charge is -2.37. The molecule has 0 bridgehead atoms. The van der Waals surface area contributed by atoms with Crippen LogP contribution >= 0.6 is 0 Å². The largest absolute Gasteiger partial charge is 0.295 e. The van der Waals surface area contributed by atoms with E-state index in [1.807, 2.05) is 10.7 Å². The van der Waals surface area contributed by atoms with E-state index in [-0.39, 0.29) is 5.54 Å². The van der Waals surface area contributed by atoms with Gasteiger partial charge in [-0.15, -0.1) is 0 Å².